The molecule has 1 saturated heterocycles. The maximum Gasteiger partial charge on any atom is 0.204 e. The zero-order chi connectivity index (χ0) is 8.48. The van der Waals surface area contributed by atoms with Gasteiger partial charge in [0.1, 0.15) is 6.10 Å². The summed E-state index contributed by atoms with van der Waals surface area (Å²) in [6.45, 7) is 8.24. The molecule has 0 aromatic heterocycles. The van der Waals surface area contributed by atoms with Gasteiger partial charge >= 0.3 is 0 Å². The van der Waals surface area contributed by atoms with Gasteiger partial charge in [-0.2, -0.15) is 5.48 Å². The van der Waals surface area contributed by atoms with Crippen LogP contribution in [0.4, 0.5) is 0 Å². The predicted octanol–water partition coefficient (Wildman–Crippen LogP) is 1.44. The first-order valence-electron chi connectivity index (χ1n) is 4.11. The van der Waals surface area contributed by atoms with Crippen LogP contribution in [0.1, 0.15) is 34.1 Å². The molecule has 0 spiro atoms. The molecule has 0 radical (unpaired) electrons. The Kier molecular flexibility index (Phi) is 2.52. The molecule has 66 valence electrons. The molecule has 1 aliphatic rings. The van der Waals surface area contributed by atoms with E-state index in [0.717, 1.165) is 6.42 Å². The third-order valence-corrected chi connectivity index (χ3v) is 1.42. The molecule has 3 heteroatoms. The van der Waals surface area contributed by atoms with Crippen LogP contribution in [-0.4, -0.2) is 17.9 Å². The first-order chi connectivity index (χ1) is 5.03. The Morgan fingerprint density at radius 1 is 1.45 bits per heavy atom. The molecule has 0 aromatic rings. The third-order valence-electron chi connectivity index (χ3n) is 1.42. The van der Waals surface area contributed by atoms with Crippen molar-refractivity contribution in [3.8, 4) is 0 Å². The van der Waals surface area contributed by atoms with E-state index in [1.165, 1.54) is 0 Å². The molecule has 0 amide bonds. The molecule has 1 aliphatic heterocycles. The molecule has 1 fully saturated rings. The maximum atomic E-state index is 5.25. The standard InChI is InChI=1S/C8H17NO2/c1-5-6-7(10-6)11-9-8(2,3)4/h6-7,9H,5H2,1-4H3. The van der Waals surface area contributed by atoms with Crippen LogP contribution in [0.2, 0.25) is 0 Å². The van der Waals surface area contributed by atoms with Crippen molar-refractivity contribution < 1.29 is 9.57 Å². The highest BCUT2D eigenvalue weighted by atomic mass is 16.8. The van der Waals surface area contributed by atoms with Crippen molar-refractivity contribution in [3.05, 3.63) is 0 Å². The Bertz CT molecular complexity index is 131. The van der Waals surface area contributed by atoms with Gasteiger partial charge in [0.05, 0.1) is 0 Å². The van der Waals surface area contributed by atoms with E-state index in [0.29, 0.717) is 6.10 Å². The molecule has 1 N–H and O–H groups in total. The third kappa shape index (κ3) is 3.18. The highest BCUT2D eigenvalue weighted by Gasteiger charge is 2.39. The fourth-order valence-corrected chi connectivity index (χ4v) is 0.754. The number of hydroxylamine groups is 1. The van der Waals surface area contributed by atoms with E-state index < -0.39 is 0 Å². The summed E-state index contributed by atoms with van der Waals surface area (Å²) in [6, 6.07) is 0. The van der Waals surface area contributed by atoms with Crippen LogP contribution in [0, 0.1) is 0 Å². The zero-order valence-electron chi connectivity index (χ0n) is 7.68. The Labute approximate surface area is 68.0 Å². The average molecular weight is 159 g/mol. The summed E-state index contributed by atoms with van der Waals surface area (Å²) in [6.07, 6.45) is 1.32. The SMILES string of the molecule is CCC1OC1ONC(C)(C)C. The molecule has 1 rings (SSSR count). The van der Waals surface area contributed by atoms with Crippen molar-refractivity contribution in [1.29, 1.82) is 0 Å². The van der Waals surface area contributed by atoms with Gasteiger partial charge in [0.25, 0.3) is 0 Å². The normalized spacial score (nSPS) is 30.5. The second kappa shape index (κ2) is 3.09. The van der Waals surface area contributed by atoms with E-state index in [1.54, 1.807) is 0 Å². The summed E-state index contributed by atoms with van der Waals surface area (Å²) >= 11 is 0. The summed E-state index contributed by atoms with van der Waals surface area (Å²) in [5, 5.41) is 0. The second-order valence-corrected chi connectivity index (χ2v) is 3.92. The summed E-state index contributed by atoms with van der Waals surface area (Å²) in [7, 11) is 0. The predicted molar refractivity (Wildman–Crippen MR) is 42.9 cm³/mol. The Morgan fingerprint density at radius 2 is 2.09 bits per heavy atom. The Morgan fingerprint density at radius 3 is 2.45 bits per heavy atom. The van der Waals surface area contributed by atoms with Gasteiger partial charge in [0, 0.05) is 5.54 Å². The largest absolute Gasteiger partial charge is 0.340 e. The second-order valence-electron chi connectivity index (χ2n) is 3.92. The molecule has 11 heavy (non-hydrogen) atoms. The van der Waals surface area contributed by atoms with Gasteiger partial charge in [-0.05, 0) is 27.2 Å². The number of rotatable bonds is 3. The average Bonchev–Trinajstić information content (AvgIpc) is 2.60. The van der Waals surface area contributed by atoms with Crippen molar-refractivity contribution in [2.24, 2.45) is 0 Å². The van der Waals surface area contributed by atoms with Crippen molar-refractivity contribution in [2.45, 2.75) is 52.0 Å². The number of nitrogens with one attached hydrogen (secondary N) is 1. The van der Waals surface area contributed by atoms with E-state index >= 15 is 0 Å². The highest BCUT2D eigenvalue weighted by Crippen LogP contribution is 2.25. The van der Waals surface area contributed by atoms with E-state index in [1.807, 2.05) is 0 Å². The molecule has 0 aromatic carbocycles. The minimum Gasteiger partial charge on any atom is -0.340 e. The van der Waals surface area contributed by atoms with Gasteiger partial charge in [-0.3, -0.25) is 4.84 Å². The number of hydrogen-bond donors (Lipinski definition) is 1. The quantitative estimate of drug-likeness (QED) is 0.499. The first kappa shape index (κ1) is 8.97. The van der Waals surface area contributed by atoms with Crippen LogP contribution in [0.5, 0.6) is 0 Å². The number of hydrogen-bond acceptors (Lipinski definition) is 3. The van der Waals surface area contributed by atoms with E-state index in [2.05, 4.69) is 33.2 Å². The van der Waals surface area contributed by atoms with Gasteiger partial charge < -0.3 is 4.74 Å². The van der Waals surface area contributed by atoms with Crippen LogP contribution in [-0.2, 0) is 9.57 Å². The van der Waals surface area contributed by atoms with Crippen molar-refractivity contribution in [2.75, 3.05) is 0 Å². The minimum absolute atomic E-state index is 0.00421. The lowest BCUT2D eigenvalue weighted by atomic mass is 10.1. The molecule has 0 aliphatic carbocycles. The molecule has 0 bridgehead atoms. The van der Waals surface area contributed by atoms with Gasteiger partial charge in [0.15, 0.2) is 0 Å². The van der Waals surface area contributed by atoms with Crippen LogP contribution < -0.4 is 5.48 Å². The summed E-state index contributed by atoms with van der Waals surface area (Å²) in [5.41, 5.74) is 2.93. The molecule has 0 saturated carbocycles. The molecular formula is C8H17NO2. The van der Waals surface area contributed by atoms with Gasteiger partial charge in [0.2, 0.25) is 6.29 Å². The number of epoxide rings is 1. The fraction of sp³-hybridized carbons (Fsp3) is 1.00. The first-order valence-corrected chi connectivity index (χ1v) is 4.11. The van der Waals surface area contributed by atoms with Gasteiger partial charge in [-0.25, -0.2) is 0 Å². The summed E-state index contributed by atoms with van der Waals surface area (Å²) in [5.74, 6) is 0. The van der Waals surface area contributed by atoms with Crippen LogP contribution in [0.25, 0.3) is 0 Å². The summed E-state index contributed by atoms with van der Waals surface area (Å²) < 4.78 is 5.18. The lowest BCUT2D eigenvalue weighted by Gasteiger charge is -2.18. The van der Waals surface area contributed by atoms with E-state index in [4.69, 9.17) is 9.57 Å². The molecule has 1 heterocycles. The van der Waals surface area contributed by atoms with Crippen molar-refractivity contribution >= 4 is 0 Å². The topological polar surface area (TPSA) is 33.8 Å². The molecule has 2 atom stereocenters. The van der Waals surface area contributed by atoms with Crippen molar-refractivity contribution in [1.82, 2.24) is 5.48 Å². The maximum absolute atomic E-state index is 5.25. The van der Waals surface area contributed by atoms with Crippen molar-refractivity contribution in [3.63, 3.8) is 0 Å². The zero-order valence-corrected chi connectivity index (χ0v) is 7.68. The minimum atomic E-state index is -0.0146. The van der Waals surface area contributed by atoms with Crippen LogP contribution in [0.3, 0.4) is 0 Å². The molecular weight excluding hydrogens is 142 g/mol. The monoisotopic (exact) mass is 159 g/mol. The molecule has 3 nitrogen and oxygen atoms in total. The van der Waals surface area contributed by atoms with E-state index in [9.17, 15) is 0 Å². The van der Waals surface area contributed by atoms with Gasteiger partial charge in [-0.15, -0.1) is 0 Å². The smallest absolute Gasteiger partial charge is 0.204 e. The molecule has 2 unspecified atom stereocenters. The lowest BCUT2D eigenvalue weighted by molar-refractivity contribution is -0.0584. The van der Waals surface area contributed by atoms with Crippen LogP contribution in [0.15, 0.2) is 0 Å². The van der Waals surface area contributed by atoms with E-state index in [-0.39, 0.29) is 11.8 Å². The summed E-state index contributed by atoms with van der Waals surface area (Å²) in [4.78, 5) is 5.25. The highest BCUT2D eigenvalue weighted by molar-refractivity contribution is 4.75. The Hall–Kier alpha value is -0.120. The van der Waals surface area contributed by atoms with Crippen LogP contribution >= 0.6 is 0 Å². The number of ether oxygens (including phenoxy) is 1. The van der Waals surface area contributed by atoms with Gasteiger partial charge in [-0.1, -0.05) is 6.92 Å². The fourth-order valence-electron chi connectivity index (χ4n) is 0.754. The Balaban J connectivity index is 2.06. The lowest BCUT2D eigenvalue weighted by Crippen LogP contribution is -2.36.